The Morgan fingerprint density at radius 3 is 2.38 bits per heavy atom. The molecule has 0 heterocycles. The van der Waals surface area contributed by atoms with Gasteiger partial charge in [-0.2, -0.15) is 5.84 Å². The van der Waals surface area contributed by atoms with Gasteiger partial charge < -0.3 is 0 Å². The Kier molecular flexibility index (Phi) is 2.94. The minimum atomic E-state index is -0.416. The number of nitro benzene ring substituents is 1. The lowest BCUT2D eigenvalue weighted by Gasteiger charge is -2.05. The van der Waals surface area contributed by atoms with Gasteiger partial charge in [0.2, 0.25) is 0 Å². The van der Waals surface area contributed by atoms with E-state index < -0.39 is 4.92 Å². The van der Waals surface area contributed by atoms with Crippen molar-refractivity contribution in [3.05, 3.63) is 39.9 Å². The number of rotatable bonds is 3. The number of hydrogen-bond donors (Lipinski definition) is 2. The van der Waals surface area contributed by atoms with E-state index in [0.717, 1.165) is 5.56 Å². The molecule has 1 rings (SSSR count). The molecule has 0 amide bonds. The van der Waals surface area contributed by atoms with Crippen molar-refractivity contribution >= 4 is 5.69 Å². The molecule has 0 aliphatic carbocycles. The van der Waals surface area contributed by atoms with Crippen LogP contribution in [0.4, 0.5) is 5.69 Å². The number of quaternary nitrogens is 1. The van der Waals surface area contributed by atoms with Crippen LogP contribution in [0.5, 0.6) is 0 Å². The van der Waals surface area contributed by atoms with Gasteiger partial charge in [-0.3, -0.25) is 15.5 Å². The van der Waals surface area contributed by atoms with Crippen LogP contribution in [-0.2, 0) is 0 Å². The maximum Gasteiger partial charge on any atom is 0.269 e. The fourth-order valence-electron chi connectivity index (χ4n) is 1.01. The van der Waals surface area contributed by atoms with E-state index in [4.69, 9.17) is 5.84 Å². The van der Waals surface area contributed by atoms with Crippen LogP contribution in [0.15, 0.2) is 24.3 Å². The van der Waals surface area contributed by atoms with Crippen LogP contribution in [0, 0.1) is 10.1 Å². The van der Waals surface area contributed by atoms with Crippen LogP contribution < -0.4 is 11.3 Å². The number of benzene rings is 1. The van der Waals surface area contributed by atoms with E-state index in [2.05, 4.69) is 0 Å². The van der Waals surface area contributed by atoms with Gasteiger partial charge in [0.1, 0.15) is 6.04 Å². The molecular formula is C8H12N3O2+. The third kappa shape index (κ3) is 2.24. The number of nitrogens with two attached hydrogens (primary N) is 2. The van der Waals surface area contributed by atoms with Crippen LogP contribution in [0.1, 0.15) is 18.5 Å². The van der Waals surface area contributed by atoms with Gasteiger partial charge in [0.05, 0.1) is 4.92 Å². The third-order valence-corrected chi connectivity index (χ3v) is 1.92. The van der Waals surface area contributed by atoms with Gasteiger partial charge in [0.25, 0.3) is 5.69 Å². The first-order valence-corrected chi connectivity index (χ1v) is 3.94. The second-order valence-corrected chi connectivity index (χ2v) is 2.83. The van der Waals surface area contributed by atoms with Crippen molar-refractivity contribution in [1.29, 1.82) is 0 Å². The molecule has 13 heavy (non-hydrogen) atoms. The fraction of sp³-hybridized carbons (Fsp3) is 0.250. The summed E-state index contributed by atoms with van der Waals surface area (Å²) in [4.78, 5) is 9.91. The van der Waals surface area contributed by atoms with Gasteiger partial charge in [-0.1, -0.05) is 0 Å². The van der Waals surface area contributed by atoms with Crippen molar-refractivity contribution in [2.45, 2.75) is 13.0 Å². The maximum absolute atomic E-state index is 10.3. The Balaban J connectivity index is 2.87. The SMILES string of the molecule is CC([NH2+]N)c1ccc([N+](=O)[O-])cc1. The molecule has 1 aromatic rings. The standard InChI is InChI=1S/C8H11N3O2/c1-6(10-9)7-2-4-8(5-3-7)11(12)13/h2-6,10H,9H2,1H3/p+1. The molecule has 0 aromatic heterocycles. The van der Waals surface area contributed by atoms with E-state index in [-0.39, 0.29) is 11.7 Å². The lowest BCUT2D eigenvalue weighted by molar-refractivity contribution is -0.705. The zero-order valence-corrected chi connectivity index (χ0v) is 7.31. The minimum absolute atomic E-state index is 0.105. The third-order valence-electron chi connectivity index (χ3n) is 1.92. The van der Waals surface area contributed by atoms with Crippen LogP contribution in [0.25, 0.3) is 0 Å². The van der Waals surface area contributed by atoms with Crippen molar-refractivity contribution in [2.24, 2.45) is 5.84 Å². The van der Waals surface area contributed by atoms with E-state index in [1.54, 1.807) is 17.6 Å². The summed E-state index contributed by atoms with van der Waals surface area (Å²) in [7, 11) is 0. The Labute approximate surface area is 75.7 Å². The molecule has 0 bridgehead atoms. The van der Waals surface area contributed by atoms with Gasteiger partial charge in [0.15, 0.2) is 0 Å². The Morgan fingerprint density at radius 1 is 1.46 bits per heavy atom. The molecule has 0 fully saturated rings. The van der Waals surface area contributed by atoms with Gasteiger partial charge >= 0.3 is 0 Å². The summed E-state index contributed by atoms with van der Waals surface area (Å²) in [6.45, 7) is 1.93. The highest BCUT2D eigenvalue weighted by atomic mass is 16.6. The van der Waals surface area contributed by atoms with Crippen LogP contribution in [0.2, 0.25) is 0 Å². The molecular weight excluding hydrogens is 170 g/mol. The second kappa shape index (κ2) is 3.97. The van der Waals surface area contributed by atoms with Gasteiger partial charge in [0, 0.05) is 17.7 Å². The molecule has 4 N–H and O–H groups in total. The summed E-state index contributed by atoms with van der Waals surface area (Å²) in [5.41, 5.74) is 2.64. The van der Waals surface area contributed by atoms with Gasteiger partial charge in [-0.25, -0.2) is 0 Å². The van der Waals surface area contributed by atoms with Crippen molar-refractivity contribution in [3.8, 4) is 0 Å². The van der Waals surface area contributed by atoms with Crippen molar-refractivity contribution in [3.63, 3.8) is 0 Å². The molecule has 1 atom stereocenters. The predicted molar refractivity (Wildman–Crippen MR) is 47.6 cm³/mol. The first-order valence-electron chi connectivity index (χ1n) is 3.94. The highest BCUT2D eigenvalue weighted by molar-refractivity contribution is 5.33. The highest BCUT2D eigenvalue weighted by Gasteiger charge is 2.09. The van der Waals surface area contributed by atoms with Crippen molar-refractivity contribution in [2.75, 3.05) is 0 Å². The summed E-state index contributed by atoms with van der Waals surface area (Å²) in [6.07, 6.45) is 0. The Bertz CT molecular complexity index is 297. The molecule has 0 aliphatic rings. The quantitative estimate of drug-likeness (QED) is 0.394. The van der Waals surface area contributed by atoms with Crippen molar-refractivity contribution < 1.29 is 10.3 Å². The molecule has 70 valence electrons. The average molecular weight is 182 g/mol. The molecule has 1 aromatic carbocycles. The summed E-state index contributed by atoms with van der Waals surface area (Å²) in [5.74, 6) is 5.34. The van der Waals surface area contributed by atoms with Crippen LogP contribution in [0.3, 0.4) is 0 Å². The molecule has 1 unspecified atom stereocenters. The average Bonchev–Trinajstić information content (AvgIpc) is 2.17. The summed E-state index contributed by atoms with van der Waals surface area (Å²) in [6, 6.07) is 6.52. The molecule has 5 heteroatoms. The van der Waals surface area contributed by atoms with Crippen molar-refractivity contribution in [1.82, 2.24) is 0 Å². The van der Waals surface area contributed by atoms with E-state index in [1.165, 1.54) is 12.1 Å². The smallest absolute Gasteiger partial charge is 0.265 e. The fourth-order valence-corrected chi connectivity index (χ4v) is 1.01. The van der Waals surface area contributed by atoms with Gasteiger partial charge in [-0.15, -0.1) is 0 Å². The molecule has 0 saturated heterocycles. The lowest BCUT2D eigenvalue weighted by atomic mass is 10.1. The first-order chi connectivity index (χ1) is 6.15. The summed E-state index contributed by atoms with van der Waals surface area (Å²) >= 11 is 0. The zero-order valence-electron chi connectivity index (χ0n) is 7.31. The first kappa shape index (κ1) is 9.63. The van der Waals surface area contributed by atoms with E-state index in [9.17, 15) is 10.1 Å². The van der Waals surface area contributed by atoms with Crippen LogP contribution in [-0.4, -0.2) is 4.92 Å². The molecule has 5 nitrogen and oxygen atoms in total. The highest BCUT2D eigenvalue weighted by Crippen LogP contribution is 2.14. The summed E-state index contributed by atoms with van der Waals surface area (Å²) < 4.78 is 0. The van der Waals surface area contributed by atoms with Gasteiger partial charge in [-0.05, 0) is 19.1 Å². The monoisotopic (exact) mass is 182 g/mol. The van der Waals surface area contributed by atoms with Crippen LogP contribution >= 0.6 is 0 Å². The number of nitrogens with zero attached hydrogens (tertiary/aromatic N) is 1. The zero-order chi connectivity index (χ0) is 9.84. The molecule has 0 saturated carbocycles. The number of hydrogen-bond acceptors (Lipinski definition) is 3. The molecule has 0 aliphatic heterocycles. The lowest BCUT2D eigenvalue weighted by Crippen LogP contribution is -2.91. The predicted octanol–water partition coefficient (Wildman–Crippen LogP) is 0.0929. The summed E-state index contributed by atoms with van der Waals surface area (Å²) in [5, 5.41) is 10.3. The topological polar surface area (TPSA) is 85.8 Å². The number of non-ortho nitro benzene ring substituents is 1. The Hall–Kier alpha value is -1.46. The Morgan fingerprint density at radius 2 is 2.00 bits per heavy atom. The maximum atomic E-state index is 10.3. The van der Waals surface area contributed by atoms with E-state index in [1.807, 2.05) is 6.92 Å². The molecule has 0 spiro atoms. The number of nitro groups is 1. The van der Waals surface area contributed by atoms with E-state index in [0.29, 0.717) is 0 Å². The molecule has 0 radical (unpaired) electrons. The van der Waals surface area contributed by atoms with E-state index >= 15 is 0 Å². The largest absolute Gasteiger partial charge is 0.269 e. The normalized spacial score (nSPS) is 12.5. The second-order valence-electron chi connectivity index (χ2n) is 2.83. The minimum Gasteiger partial charge on any atom is -0.265 e.